The molecule has 3 nitrogen and oxygen atoms in total. The van der Waals surface area contributed by atoms with Gasteiger partial charge in [0.25, 0.3) is 0 Å². The second-order valence-electron chi connectivity index (χ2n) is 3.91. The van der Waals surface area contributed by atoms with E-state index in [0.717, 1.165) is 18.5 Å². The van der Waals surface area contributed by atoms with Crippen LogP contribution in [0.15, 0.2) is 18.2 Å². The molecule has 0 radical (unpaired) electrons. The molecule has 0 heterocycles. The lowest BCUT2D eigenvalue weighted by molar-refractivity contribution is 0.0990. The first-order chi connectivity index (χ1) is 8.15. The van der Waals surface area contributed by atoms with Crippen LogP contribution < -0.4 is 5.32 Å². The first-order valence-electron chi connectivity index (χ1n) is 5.64. The zero-order chi connectivity index (χ0) is 12.7. The highest BCUT2D eigenvalue weighted by Gasteiger charge is 2.06. The van der Waals surface area contributed by atoms with Gasteiger partial charge in [-0.3, -0.25) is 4.79 Å². The maximum absolute atomic E-state index is 11.8. The minimum atomic E-state index is 0.0854. The maximum Gasteiger partial charge on any atom is 0.176 e. The molecule has 0 spiro atoms. The Morgan fingerprint density at radius 2 is 2.24 bits per heavy atom. The standard InChI is InChI=1S/C13H18ClNO2/c1-10-8-11(4-5-12(10)14)13(16)9-15-6-3-7-17-2/h4-5,8,15H,3,6-7,9H2,1-2H3. The fourth-order valence-electron chi connectivity index (χ4n) is 1.46. The van der Waals surface area contributed by atoms with Crippen LogP contribution in [0.2, 0.25) is 5.02 Å². The van der Waals surface area contributed by atoms with Gasteiger partial charge in [-0.25, -0.2) is 0 Å². The van der Waals surface area contributed by atoms with Gasteiger partial charge >= 0.3 is 0 Å². The third-order valence-corrected chi connectivity index (χ3v) is 2.89. The monoisotopic (exact) mass is 255 g/mol. The van der Waals surface area contributed by atoms with E-state index in [1.807, 2.05) is 13.0 Å². The molecule has 0 saturated heterocycles. The molecule has 1 N–H and O–H groups in total. The molecule has 0 atom stereocenters. The zero-order valence-electron chi connectivity index (χ0n) is 10.3. The number of ether oxygens (including phenoxy) is 1. The fourth-order valence-corrected chi connectivity index (χ4v) is 1.58. The number of carbonyl (C=O) groups is 1. The van der Waals surface area contributed by atoms with Gasteiger partial charge in [0.1, 0.15) is 0 Å². The predicted molar refractivity (Wildman–Crippen MR) is 69.9 cm³/mol. The van der Waals surface area contributed by atoms with E-state index < -0.39 is 0 Å². The van der Waals surface area contributed by atoms with E-state index in [2.05, 4.69) is 5.32 Å². The molecule has 0 aliphatic carbocycles. The van der Waals surface area contributed by atoms with Gasteiger partial charge in [0.15, 0.2) is 5.78 Å². The molecular weight excluding hydrogens is 238 g/mol. The highest BCUT2D eigenvalue weighted by molar-refractivity contribution is 6.31. The number of ketones is 1. The van der Waals surface area contributed by atoms with Gasteiger partial charge in [0, 0.05) is 24.3 Å². The molecule has 0 aromatic heterocycles. The lowest BCUT2D eigenvalue weighted by Gasteiger charge is -2.05. The Bertz CT molecular complexity index is 380. The summed E-state index contributed by atoms with van der Waals surface area (Å²) < 4.78 is 4.92. The van der Waals surface area contributed by atoms with Crippen molar-refractivity contribution in [3.05, 3.63) is 34.3 Å². The highest BCUT2D eigenvalue weighted by Crippen LogP contribution is 2.16. The smallest absolute Gasteiger partial charge is 0.176 e. The molecule has 17 heavy (non-hydrogen) atoms. The maximum atomic E-state index is 11.8. The number of rotatable bonds is 7. The minimum Gasteiger partial charge on any atom is -0.385 e. The summed E-state index contributed by atoms with van der Waals surface area (Å²) in [6.45, 7) is 3.74. The van der Waals surface area contributed by atoms with E-state index in [-0.39, 0.29) is 5.78 Å². The topological polar surface area (TPSA) is 38.3 Å². The largest absolute Gasteiger partial charge is 0.385 e. The molecule has 1 aromatic carbocycles. The molecular formula is C13H18ClNO2. The summed E-state index contributed by atoms with van der Waals surface area (Å²) in [5.41, 5.74) is 1.63. The van der Waals surface area contributed by atoms with Crippen molar-refractivity contribution >= 4 is 17.4 Å². The predicted octanol–water partition coefficient (Wildman–Crippen LogP) is 2.46. The second kappa shape index (κ2) is 7.43. The molecule has 4 heteroatoms. The van der Waals surface area contributed by atoms with Gasteiger partial charge in [-0.15, -0.1) is 0 Å². The molecule has 0 unspecified atom stereocenters. The van der Waals surface area contributed by atoms with E-state index in [1.54, 1.807) is 19.2 Å². The number of hydrogen-bond acceptors (Lipinski definition) is 3. The lowest BCUT2D eigenvalue weighted by atomic mass is 10.1. The average molecular weight is 256 g/mol. The van der Waals surface area contributed by atoms with Crippen LogP contribution in [-0.4, -0.2) is 32.6 Å². The Morgan fingerprint density at radius 3 is 2.88 bits per heavy atom. The van der Waals surface area contributed by atoms with Gasteiger partial charge in [-0.2, -0.15) is 0 Å². The van der Waals surface area contributed by atoms with Crippen LogP contribution in [0, 0.1) is 6.92 Å². The third kappa shape index (κ3) is 4.86. The molecule has 0 saturated carbocycles. The van der Waals surface area contributed by atoms with Crippen LogP contribution in [0.3, 0.4) is 0 Å². The van der Waals surface area contributed by atoms with Crippen LogP contribution in [0.1, 0.15) is 22.3 Å². The van der Waals surface area contributed by atoms with Crippen LogP contribution in [0.4, 0.5) is 0 Å². The van der Waals surface area contributed by atoms with Crippen LogP contribution >= 0.6 is 11.6 Å². The van der Waals surface area contributed by atoms with Crippen molar-refractivity contribution in [2.45, 2.75) is 13.3 Å². The van der Waals surface area contributed by atoms with Crippen molar-refractivity contribution in [3.8, 4) is 0 Å². The summed E-state index contributed by atoms with van der Waals surface area (Å²) in [4.78, 5) is 11.8. The molecule has 0 amide bonds. The van der Waals surface area contributed by atoms with Crippen LogP contribution in [0.5, 0.6) is 0 Å². The molecule has 0 aliphatic heterocycles. The second-order valence-corrected chi connectivity index (χ2v) is 4.32. The van der Waals surface area contributed by atoms with E-state index >= 15 is 0 Å². The van der Waals surface area contributed by atoms with Crippen molar-refractivity contribution in [1.82, 2.24) is 5.32 Å². The molecule has 94 valence electrons. The summed E-state index contributed by atoms with van der Waals surface area (Å²) in [7, 11) is 1.67. The molecule has 1 rings (SSSR count). The average Bonchev–Trinajstić information content (AvgIpc) is 2.32. The van der Waals surface area contributed by atoms with E-state index in [9.17, 15) is 4.79 Å². The Morgan fingerprint density at radius 1 is 1.47 bits per heavy atom. The minimum absolute atomic E-state index is 0.0854. The number of aryl methyl sites for hydroxylation is 1. The normalized spacial score (nSPS) is 10.5. The number of carbonyl (C=O) groups excluding carboxylic acids is 1. The Labute approximate surface area is 107 Å². The lowest BCUT2D eigenvalue weighted by Crippen LogP contribution is -2.24. The number of nitrogens with one attached hydrogen (secondary N) is 1. The summed E-state index contributed by atoms with van der Waals surface area (Å²) >= 11 is 5.91. The summed E-state index contributed by atoms with van der Waals surface area (Å²) in [6, 6.07) is 5.34. The zero-order valence-corrected chi connectivity index (χ0v) is 11.0. The van der Waals surface area contributed by atoms with Crippen molar-refractivity contribution < 1.29 is 9.53 Å². The number of Topliss-reactive ketones (excluding diaryl/α,β-unsaturated/α-hetero) is 1. The van der Waals surface area contributed by atoms with Gasteiger partial charge in [-0.1, -0.05) is 11.6 Å². The Hall–Kier alpha value is -0.900. The SMILES string of the molecule is COCCCNCC(=O)c1ccc(Cl)c(C)c1. The van der Waals surface area contributed by atoms with Crippen molar-refractivity contribution in [1.29, 1.82) is 0 Å². The number of benzene rings is 1. The quantitative estimate of drug-likeness (QED) is 0.601. The molecule has 1 aromatic rings. The number of methoxy groups -OCH3 is 1. The van der Waals surface area contributed by atoms with Crippen molar-refractivity contribution in [2.75, 3.05) is 26.8 Å². The number of hydrogen-bond donors (Lipinski definition) is 1. The summed E-state index contributed by atoms with van der Waals surface area (Å²) in [6.07, 6.45) is 0.906. The molecule has 0 fully saturated rings. The van der Waals surface area contributed by atoms with E-state index in [0.29, 0.717) is 23.7 Å². The van der Waals surface area contributed by atoms with E-state index in [4.69, 9.17) is 16.3 Å². The number of halogens is 1. The van der Waals surface area contributed by atoms with E-state index in [1.165, 1.54) is 0 Å². The van der Waals surface area contributed by atoms with Gasteiger partial charge < -0.3 is 10.1 Å². The molecule has 0 bridgehead atoms. The Balaban J connectivity index is 2.39. The fraction of sp³-hybridized carbons (Fsp3) is 0.462. The summed E-state index contributed by atoms with van der Waals surface area (Å²) in [5, 5.41) is 3.78. The van der Waals surface area contributed by atoms with Gasteiger partial charge in [0.2, 0.25) is 0 Å². The third-order valence-electron chi connectivity index (χ3n) is 2.47. The van der Waals surface area contributed by atoms with Gasteiger partial charge in [-0.05, 0) is 43.7 Å². The highest BCUT2D eigenvalue weighted by atomic mass is 35.5. The van der Waals surface area contributed by atoms with Crippen molar-refractivity contribution in [2.24, 2.45) is 0 Å². The first-order valence-corrected chi connectivity index (χ1v) is 6.02. The van der Waals surface area contributed by atoms with Crippen molar-refractivity contribution in [3.63, 3.8) is 0 Å². The van der Waals surface area contributed by atoms with Gasteiger partial charge in [0.05, 0.1) is 6.54 Å². The Kier molecular flexibility index (Phi) is 6.19. The van der Waals surface area contributed by atoms with Crippen LogP contribution in [0.25, 0.3) is 0 Å². The molecule has 0 aliphatic rings. The summed E-state index contributed by atoms with van der Waals surface area (Å²) in [5.74, 6) is 0.0854. The first kappa shape index (κ1) is 14.2. The van der Waals surface area contributed by atoms with Crippen LogP contribution in [-0.2, 0) is 4.74 Å².